The quantitative estimate of drug-likeness (QED) is 0.176. The molecule has 0 unspecified atom stereocenters. The Labute approximate surface area is 408 Å². The van der Waals surface area contributed by atoms with Crippen LogP contribution >= 0.6 is 0 Å². The van der Waals surface area contributed by atoms with Gasteiger partial charge in [0, 0.05) is 75.8 Å². The van der Waals surface area contributed by atoms with Gasteiger partial charge in [-0.05, 0) is 71.8 Å². The molecule has 0 amide bonds. The number of nitrogens with zero attached hydrogens (tertiary/aromatic N) is 2. The fourth-order valence-corrected chi connectivity index (χ4v) is 12.1. The van der Waals surface area contributed by atoms with Crippen molar-refractivity contribution >= 4 is 131 Å². The van der Waals surface area contributed by atoms with Crippen molar-refractivity contribution in [2.45, 2.75) is 0 Å². The van der Waals surface area contributed by atoms with Gasteiger partial charge in [0.1, 0.15) is 33.5 Å². The lowest BCUT2D eigenvalue weighted by Gasteiger charge is -2.08. The molecule has 6 aromatic heterocycles. The van der Waals surface area contributed by atoms with Gasteiger partial charge in [0.15, 0.2) is 11.2 Å². The first kappa shape index (κ1) is 38.1. The summed E-state index contributed by atoms with van der Waals surface area (Å²) in [7, 11) is 0. The zero-order valence-electron chi connectivity index (χ0n) is 38.3. The number of para-hydroxylation sites is 8. The van der Waals surface area contributed by atoms with E-state index in [1.165, 1.54) is 21.5 Å². The van der Waals surface area contributed by atoms with Crippen LogP contribution in [0.3, 0.4) is 0 Å². The summed E-state index contributed by atoms with van der Waals surface area (Å²) in [5, 5.41) is 13.2. The van der Waals surface area contributed by atoms with Crippen LogP contribution in [-0.4, -0.2) is 9.13 Å². The van der Waals surface area contributed by atoms with Gasteiger partial charge in [-0.3, -0.25) is 0 Å². The van der Waals surface area contributed by atoms with E-state index in [0.717, 1.165) is 143 Å². The summed E-state index contributed by atoms with van der Waals surface area (Å²) in [6.07, 6.45) is 0. The molecule has 0 aliphatic rings. The van der Waals surface area contributed by atoms with Crippen LogP contribution in [0.1, 0.15) is 0 Å². The van der Waals surface area contributed by atoms with Gasteiger partial charge in [-0.15, -0.1) is 0 Å². The van der Waals surface area contributed by atoms with Crippen LogP contribution in [0.25, 0.3) is 165 Å². The fourth-order valence-electron chi connectivity index (χ4n) is 12.1. The lowest BCUT2D eigenvalue weighted by molar-refractivity contribution is 0.663. The molecule has 0 aliphatic heterocycles. The van der Waals surface area contributed by atoms with E-state index >= 15 is 0 Å². The van der Waals surface area contributed by atoms with Crippen molar-refractivity contribution in [2.24, 2.45) is 0 Å². The van der Waals surface area contributed by atoms with Crippen molar-refractivity contribution in [2.75, 3.05) is 0 Å². The second-order valence-electron chi connectivity index (χ2n) is 19.1. The Morgan fingerprint density at radius 1 is 0.222 bits per heavy atom. The Morgan fingerprint density at radius 2 is 0.500 bits per heavy atom. The van der Waals surface area contributed by atoms with Gasteiger partial charge in [-0.2, -0.15) is 0 Å². The van der Waals surface area contributed by atoms with Crippen LogP contribution in [0.15, 0.2) is 236 Å². The summed E-state index contributed by atoms with van der Waals surface area (Å²) in [6, 6.07) is 77.3. The van der Waals surface area contributed by atoms with E-state index in [0.29, 0.717) is 0 Å². The number of furan rings is 4. The van der Waals surface area contributed by atoms with Gasteiger partial charge >= 0.3 is 0 Å². The maximum absolute atomic E-state index is 6.85. The van der Waals surface area contributed by atoms with Gasteiger partial charge in [-0.1, -0.05) is 158 Å². The van der Waals surface area contributed by atoms with E-state index in [9.17, 15) is 0 Å². The molecule has 0 N–H and O–H groups in total. The Hall–Kier alpha value is -9.78. The van der Waals surface area contributed by atoms with E-state index < -0.39 is 0 Å². The van der Waals surface area contributed by atoms with E-state index in [2.05, 4.69) is 228 Å². The molecule has 334 valence electrons. The number of hydrogen-bond donors (Lipinski definition) is 0. The predicted octanol–water partition coefficient (Wildman–Crippen LogP) is 18.8. The molecule has 0 atom stereocenters. The summed E-state index contributed by atoms with van der Waals surface area (Å²) in [5.74, 6) is 0. The molecular weight excluding hydrogens is 885 g/mol. The lowest BCUT2D eigenvalue weighted by Crippen LogP contribution is -1.93. The van der Waals surface area contributed by atoms with Crippen molar-refractivity contribution in [1.29, 1.82) is 0 Å². The summed E-state index contributed by atoms with van der Waals surface area (Å²) in [6.45, 7) is 0. The maximum atomic E-state index is 6.85. The van der Waals surface area contributed by atoms with Crippen molar-refractivity contribution in [3.05, 3.63) is 218 Å². The highest BCUT2D eigenvalue weighted by Crippen LogP contribution is 2.45. The Morgan fingerprint density at radius 3 is 0.847 bits per heavy atom. The zero-order valence-corrected chi connectivity index (χ0v) is 38.3. The molecule has 0 aliphatic carbocycles. The first-order valence-electron chi connectivity index (χ1n) is 24.4. The number of fused-ring (bicyclic) bond motifs is 18. The molecule has 0 saturated carbocycles. The monoisotopic (exact) mass is 920 g/mol. The normalized spacial score (nSPS) is 12.4. The largest absolute Gasteiger partial charge is 0.455 e. The van der Waals surface area contributed by atoms with E-state index in [1.807, 2.05) is 0 Å². The number of benzene rings is 11. The first-order valence-corrected chi connectivity index (χ1v) is 24.4. The molecule has 0 bridgehead atoms. The number of rotatable bonds is 4. The van der Waals surface area contributed by atoms with Crippen LogP contribution < -0.4 is 0 Å². The van der Waals surface area contributed by atoms with Crippen LogP contribution in [-0.2, 0) is 0 Å². The average molecular weight is 921 g/mol. The van der Waals surface area contributed by atoms with E-state index in [-0.39, 0.29) is 0 Å². The molecule has 72 heavy (non-hydrogen) atoms. The maximum Gasteiger partial charge on any atom is 0.159 e. The molecule has 6 heteroatoms. The topological polar surface area (TPSA) is 62.4 Å². The predicted molar refractivity (Wildman–Crippen MR) is 295 cm³/mol. The highest BCUT2D eigenvalue weighted by atomic mass is 16.3. The summed E-state index contributed by atoms with van der Waals surface area (Å²) in [5.41, 5.74) is 17.5. The fraction of sp³-hybridized carbons (Fsp3) is 0. The Bertz CT molecular complexity index is 4740. The third-order valence-electron chi connectivity index (χ3n) is 15.3. The van der Waals surface area contributed by atoms with Gasteiger partial charge < -0.3 is 26.8 Å². The van der Waals surface area contributed by atoms with Gasteiger partial charge in [0.2, 0.25) is 0 Å². The third kappa shape index (κ3) is 5.06. The Kier molecular flexibility index (Phi) is 7.38. The Balaban J connectivity index is 0.745. The summed E-state index contributed by atoms with van der Waals surface area (Å²) in [4.78, 5) is 0. The smallest absolute Gasteiger partial charge is 0.159 e. The minimum absolute atomic E-state index is 0.826. The van der Waals surface area contributed by atoms with Gasteiger partial charge in [-0.25, -0.2) is 0 Å². The van der Waals surface area contributed by atoms with Crippen LogP contribution in [0.2, 0.25) is 0 Å². The molecule has 0 spiro atoms. The first-order chi connectivity index (χ1) is 35.7. The molecule has 6 nitrogen and oxygen atoms in total. The molecule has 0 radical (unpaired) electrons. The van der Waals surface area contributed by atoms with Crippen LogP contribution in [0.4, 0.5) is 0 Å². The SMILES string of the molecule is c1cc(-c2ccc(-c3cccc4c3oc3cc5c(cc34)oc3c(-n4c6ccccc6c6ccccc64)cccc35)cc2)c2oc3cc4c(cc3c2c1)oc1c(-n2c3ccccc3c3ccccc32)cccc14. The number of aromatic nitrogens is 2. The van der Waals surface area contributed by atoms with Crippen LogP contribution in [0.5, 0.6) is 0 Å². The van der Waals surface area contributed by atoms with Crippen molar-refractivity contribution in [1.82, 2.24) is 9.13 Å². The van der Waals surface area contributed by atoms with Gasteiger partial charge in [0.25, 0.3) is 0 Å². The second kappa shape index (κ2) is 13.9. The van der Waals surface area contributed by atoms with Crippen LogP contribution in [0, 0.1) is 0 Å². The molecule has 17 aromatic rings. The van der Waals surface area contributed by atoms with Crippen molar-refractivity contribution in [3.8, 4) is 33.6 Å². The lowest BCUT2D eigenvalue weighted by atomic mass is 9.97. The minimum atomic E-state index is 0.826. The average Bonchev–Trinajstić information content (AvgIpc) is 4.29. The second-order valence-corrected chi connectivity index (χ2v) is 19.1. The highest BCUT2D eigenvalue weighted by molar-refractivity contribution is 6.20. The van der Waals surface area contributed by atoms with Crippen molar-refractivity contribution in [3.63, 3.8) is 0 Å². The molecule has 11 aromatic carbocycles. The number of hydrogen-bond acceptors (Lipinski definition) is 4. The van der Waals surface area contributed by atoms with Crippen molar-refractivity contribution < 1.29 is 17.7 Å². The zero-order chi connectivity index (χ0) is 46.8. The van der Waals surface area contributed by atoms with Gasteiger partial charge in [0.05, 0.1) is 33.4 Å². The highest BCUT2D eigenvalue weighted by Gasteiger charge is 2.23. The molecular formula is C66H36N2O4. The summed E-state index contributed by atoms with van der Waals surface area (Å²) >= 11 is 0. The standard InChI is InChI=1S/C66H36N2O4/c1-5-23-53-41(13-1)42-14-2-6-24-54(42)67(53)57-27-11-21-47-51-35-59-49(33-61(51)71-65(47)57)45-19-9-17-39(63(45)69-59)37-29-31-38(32-30-37)40-18-10-20-46-50-34-62-52(36-60(50)70-64(40)46)48-22-12-28-58(66(48)72-62)68-55-25-7-3-15-43(55)44-16-4-8-26-56(44)68/h1-36H. The van der Waals surface area contributed by atoms with E-state index in [1.54, 1.807) is 0 Å². The molecule has 17 rings (SSSR count). The van der Waals surface area contributed by atoms with E-state index in [4.69, 9.17) is 17.7 Å². The third-order valence-corrected chi connectivity index (χ3v) is 15.3. The molecule has 0 saturated heterocycles. The molecule has 6 heterocycles. The molecule has 0 fully saturated rings. The minimum Gasteiger partial charge on any atom is -0.455 e. The summed E-state index contributed by atoms with van der Waals surface area (Å²) < 4.78 is 32.0.